The van der Waals surface area contributed by atoms with Crippen molar-refractivity contribution in [2.45, 2.75) is 6.18 Å². The van der Waals surface area contributed by atoms with Crippen LogP contribution in [0.5, 0.6) is 5.75 Å². The van der Waals surface area contributed by atoms with Gasteiger partial charge in [-0.15, -0.1) is 0 Å². The molecule has 0 saturated heterocycles. The highest BCUT2D eigenvalue weighted by Gasteiger charge is 2.30. The zero-order chi connectivity index (χ0) is 22.0. The summed E-state index contributed by atoms with van der Waals surface area (Å²) in [7, 11) is 0. The Morgan fingerprint density at radius 1 is 0.968 bits per heavy atom. The van der Waals surface area contributed by atoms with Crippen molar-refractivity contribution in [1.82, 2.24) is 9.99 Å². The number of alkyl halides is 3. The average Bonchev–Trinajstić information content (AvgIpc) is 3.21. The smallest absolute Gasteiger partial charge is 0.416 e. The fraction of sp³-hybridized carbons (Fsp3) is 0.0435. The third kappa shape index (κ3) is 4.28. The normalized spacial score (nSPS) is 11.8. The Hall–Kier alpha value is -4.07. The number of rotatable bonds is 4. The largest absolute Gasteiger partial charge is 0.507 e. The number of phenolic OH excluding ortho intramolecular Hbond substituents is 1. The monoisotopic (exact) mass is 423 g/mol. The van der Waals surface area contributed by atoms with Gasteiger partial charge in [-0.2, -0.15) is 18.3 Å². The fourth-order valence-electron chi connectivity index (χ4n) is 3.19. The van der Waals surface area contributed by atoms with Crippen molar-refractivity contribution in [1.29, 1.82) is 0 Å². The molecule has 0 aliphatic carbocycles. The van der Waals surface area contributed by atoms with Gasteiger partial charge >= 0.3 is 6.18 Å². The number of hydrogen-bond acceptors (Lipinski definition) is 3. The van der Waals surface area contributed by atoms with Gasteiger partial charge in [0.1, 0.15) is 5.75 Å². The average molecular weight is 423 g/mol. The molecule has 31 heavy (non-hydrogen) atoms. The molecule has 5 nitrogen and oxygen atoms in total. The van der Waals surface area contributed by atoms with Crippen molar-refractivity contribution in [3.8, 4) is 11.4 Å². The second kappa shape index (κ2) is 7.98. The van der Waals surface area contributed by atoms with Crippen LogP contribution in [0.4, 0.5) is 13.2 Å². The molecule has 2 N–H and O–H groups in total. The lowest BCUT2D eigenvalue weighted by Gasteiger charge is -2.11. The summed E-state index contributed by atoms with van der Waals surface area (Å²) in [6.07, 6.45) is -1.54. The number of nitrogens with zero attached hydrogens (tertiary/aromatic N) is 2. The summed E-state index contributed by atoms with van der Waals surface area (Å²) in [5, 5.41) is 15.6. The van der Waals surface area contributed by atoms with Crippen molar-refractivity contribution < 1.29 is 23.1 Å². The van der Waals surface area contributed by atoms with Crippen LogP contribution in [0.25, 0.3) is 16.5 Å². The third-order valence-corrected chi connectivity index (χ3v) is 4.70. The zero-order valence-electron chi connectivity index (χ0n) is 16.0. The fourth-order valence-corrected chi connectivity index (χ4v) is 3.19. The van der Waals surface area contributed by atoms with E-state index in [0.717, 1.165) is 22.9 Å². The van der Waals surface area contributed by atoms with Gasteiger partial charge in [0.05, 0.1) is 23.0 Å². The number of fused-ring (bicyclic) bond motifs is 1. The van der Waals surface area contributed by atoms with E-state index in [1.165, 1.54) is 29.0 Å². The van der Waals surface area contributed by atoms with Gasteiger partial charge in [-0.3, -0.25) is 4.79 Å². The second-order valence-corrected chi connectivity index (χ2v) is 6.77. The maximum absolute atomic E-state index is 13.0. The predicted molar refractivity (Wildman–Crippen MR) is 111 cm³/mol. The van der Waals surface area contributed by atoms with Crippen LogP contribution in [0.15, 0.2) is 84.1 Å². The molecule has 8 heteroatoms. The molecule has 1 heterocycles. The van der Waals surface area contributed by atoms with E-state index in [2.05, 4.69) is 10.5 Å². The summed E-state index contributed by atoms with van der Waals surface area (Å²) in [5.41, 5.74) is 2.40. The Balaban J connectivity index is 1.54. The summed E-state index contributed by atoms with van der Waals surface area (Å²) in [4.78, 5) is 12.4. The summed E-state index contributed by atoms with van der Waals surface area (Å²) in [6, 6.07) is 18.5. The van der Waals surface area contributed by atoms with Gasteiger partial charge in [-0.25, -0.2) is 5.43 Å². The van der Waals surface area contributed by atoms with E-state index < -0.39 is 17.6 Å². The van der Waals surface area contributed by atoms with Crippen LogP contribution >= 0.6 is 0 Å². The Kier molecular flexibility index (Phi) is 5.21. The van der Waals surface area contributed by atoms with Gasteiger partial charge in [0.2, 0.25) is 0 Å². The molecule has 1 aromatic heterocycles. The first kappa shape index (κ1) is 20.2. The molecule has 0 unspecified atom stereocenters. The number of carbonyl (C=O) groups is 1. The SMILES string of the molecule is O=C(NN=Cc1cccn1-c1cccc(C(F)(F)F)c1)c1cc2ccccc2cc1O. The number of amides is 1. The lowest BCUT2D eigenvalue weighted by molar-refractivity contribution is -0.137. The first-order chi connectivity index (χ1) is 14.8. The third-order valence-electron chi connectivity index (χ3n) is 4.70. The predicted octanol–water partition coefficient (Wildman–Crippen LogP) is 5.12. The van der Waals surface area contributed by atoms with Crippen molar-refractivity contribution >= 4 is 22.9 Å². The molecule has 0 aliphatic rings. The van der Waals surface area contributed by atoms with Crippen LogP contribution in [0.1, 0.15) is 21.6 Å². The van der Waals surface area contributed by atoms with Gasteiger partial charge < -0.3 is 9.67 Å². The highest BCUT2D eigenvalue weighted by atomic mass is 19.4. The Labute approximate surface area is 175 Å². The summed E-state index contributed by atoms with van der Waals surface area (Å²) in [5.74, 6) is -0.796. The molecule has 0 aliphatic heterocycles. The molecule has 3 aromatic carbocycles. The van der Waals surface area contributed by atoms with E-state index in [1.54, 1.807) is 24.4 Å². The lowest BCUT2D eigenvalue weighted by Crippen LogP contribution is -2.18. The number of benzene rings is 3. The number of hydrazone groups is 1. The van der Waals surface area contributed by atoms with Crippen molar-refractivity contribution in [3.63, 3.8) is 0 Å². The molecule has 4 aromatic rings. The maximum Gasteiger partial charge on any atom is 0.416 e. The van der Waals surface area contributed by atoms with Gasteiger partial charge in [-0.1, -0.05) is 30.3 Å². The summed E-state index contributed by atoms with van der Waals surface area (Å²) in [6.45, 7) is 0. The molecule has 4 rings (SSSR count). The van der Waals surface area contributed by atoms with Crippen LogP contribution in [0.3, 0.4) is 0 Å². The minimum absolute atomic E-state index is 0.0594. The van der Waals surface area contributed by atoms with Crippen LogP contribution in [-0.2, 0) is 6.18 Å². The van der Waals surface area contributed by atoms with Crippen molar-refractivity contribution in [3.05, 3.63) is 95.8 Å². The van der Waals surface area contributed by atoms with E-state index in [4.69, 9.17) is 0 Å². The summed E-state index contributed by atoms with van der Waals surface area (Å²) < 4.78 is 40.5. The molecule has 0 fully saturated rings. The van der Waals surface area contributed by atoms with E-state index in [9.17, 15) is 23.1 Å². The standard InChI is InChI=1S/C23H16F3N3O2/c24-23(25,26)17-7-3-8-18(13-17)29-10-4-9-19(29)14-27-28-22(31)20-11-15-5-1-2-6-16(15)12-21(20)30/h1-14,30H,(H,28,31). The molecular weight excluding hydrogens is 407 g/mol. The van der Waals surface area contributed by atoms with E-state index >= 15 is 0 Å². The van der Waals surface area contributed by atoms with Gasteiger partial charge in [-0.05, 0) is 53.2 Å². The number of hydrogen-bond donors (Lipinski definition) is 2. The Morgan fingerprint density at radius 3 is 2.45 bits per heavy atom. The second-order valence-electron chi connectivity index (χ2n) is 6.77. The molecular formula is C23H16F3N3O2. The minimum atomic E-state index is -4.45. The van der Waals surface area contributed by atoms with Crippen LogP contribution in [-0.4, -0.2) is 21.8 Å². The van der Waals surface area contributed by atoms with Crippen LogP contribution in [0, 0.1) is 0 Å². The first-order valence-corrected chi connectivity index (χ1v) is 9.23. The van der Waals surface area contributed by atoms with Gasteiger partial charge in [0, 0.05) is 11.9 Å². The molecule has 0 atom stereocenters. The number of carbonyl (C=O) groups excluding carboxylic acids is 1. The molecule has 0 saturated carbocycles. The first-order valence-electron chi connectivity index (χ1n) is 9.23. The lowest BCUT2D eigenvalue weighted by atomic mass is 10.1. The highest BCUT2D eigenvalue weighted by Crippen LogP contribution is 2.30. The van der Waals surface area contributed by atoms with Crippen LogP contribution < -0.4 is 5.43 Å². The molecule has 0 spiro atoms. The topological polar surface area (TPSA) is 66.6 Å². The van der Waals surface area contributed by atoms with E-state index in [-0.39, 0.29) is 11.3 Å². The molecule has 156 valence electrons. The Bertz CT molecular complexity index is 1290. The molecule has 0 radical (unpaired) electrons. The van der Waals surface area contributed by atoms with Gasteiger partial charge in [0.25, 0.3) is 5.91 Å². The van der Waals surface area contributed by atoms with Crippen LogP contribution in [0.2, 0.25) is 0 Å². The molecule has 1 amide bonds. The van der Waals surface area contributed by atoms with E-state index in [0.29, 0.717) is 11.4 Å². The number of halogens is 3. The van der Waals surface area contributed by atoms with Crippen molar-refractivity contribution in [2.24, 2.45) is 5.10 Å². The van der Waals surface area contributed by atoms with E-state index in [1.807, 2.05) is 24.3 Å². The zero-order valence-corrected chi connectivity index (χ0v) is 16.0. The number of aromatic hydroxyl groups is 1. The van der Waals surface area contributed by atoms with Gasteiger partial charge in [0.15, 0.2) is 0 Å². The van der Waals surface area contributed by atoms with Crippen molar-refractivity contribution in [2.75, 3.05) is 0 Å². The number of nitrogens with one attached hydrogen (secondary N) is 1. The number of aromatic nitrogens is 1. The minimum Gasteiger partial charge on any atom is -0.507 e. The maximum atomic E-state index is 13.0. The highest BCUT2D eigenvalue weighted by molar-refractivity contribution is 6.01. The molecule has 0 bridgehead atoms. The summed E-state index contributed by atoms with van der Waals surface area (Å²) >= 11 is 0. The quantitative estimate of drug-likeness (QED) is 0.354. The Morgan fingerprint density at radius 2 is 1.71 bits per heavy atom. The number of phenols is 1.